The lowest BCUT2D eigenvalue weighted by Gasteiger charge is -2.06. The van der Waals surface area contributed by atoms with Gasteiger partial charge in [0, 0.05) is 10.9 Å². The molecular formula is C23H21BrN2O4S. The second kappa shape index (κ2) is 8.72. The average molecular weight is 501 g/mol. The van der Waals surface area contributed by atoms with Crippen molar-refractivity contribution in [3.8, 4) is 11.6 Å². The molecule has 6 nitrogen and oxygen atoms in total. The van der Waals surface area contributed by atoms with Crippen LogP contribution in [0.25, 0.3) is 10.9 Å². The zero-order valence-electron chi connectivity index (χ0n) is 17.1. The second-order valence-electron chi connectivity index (χ2n) is 7.04. The summed E-state index contributed by atoms with van der Waals surface area (Å²) in [6, 6.07) is 19.7. The maximum atomic E-state index is 13.3. The Labute approximate surface area is 189 Å². The molecule has 0 aliphatic carbocycles. The van der Waals surface area contributed by atoms with Gasteiger partial charge in [-0.3, -0.25) is 0 Å². The van der Waals surface area contributed by atoms with Crippen LogP contribution in [0.1, 0.15) is 11.1 Å². The largest absolute Gasteiger partial charge is 0.497 e. The highest BCUT2D eigenvalue weighted by molar-refractivity contribution is 9.10. The molecule has 4 aromatic rings. The predicted molar refractivity (Wildman–Crippen MR) is 123 cm³/mol. The Morgan fingerprint density at radius 1 is 1.03 bits per heavy atom. The van der Waals surface area contributed by atoms with Crippen molar-refractivity contribution in [1.82, 2.24) is 9.19 Å². The highest BCUT2D eigenvalue weighted by Crippen LogP contribution is 2.31. The SMILES string of the molecule is COc1ccc2c(c1)c(OCCc1ccccc1Br)nn2S(=O)(=O)c1ccc(C)cc1. The van der Waals surface area contributed by atoms with E-state index in [0.29, 0.717) is 29.7 Å². The van der Waals surface area contributed by atoms with Gasteiger partial charge in [0.25, 0.3) is 10.0 Å². The van der Waals surface area contributed by atoms with Crippen LogP contribution < -0.4 is 9.47 Å². The molecule has 1 heterocycles. The van der Waals surface area contributed by atoms with Gasteiger partial charge in [0.1, 0.15) is 5.75 Å². The van der Waals surface area contributed by atoms with E-state index in [1.807, 2.05) is 31.2 Å². The maximum Gasteiger partial charge on any atom is 0.283 e. The lowest BCUT2D eigenvalue weighted by Crippen LogP contribution is -2.14. The average Bonchev–Trinajstić information content (AvgIpc) is 3.14. The van der Waals surface area contributed by atoms with Gasteiger partial charge in [0.15, 0.2) is 0 Å². The summed E-state index contributed by atoms with van der Waals surface area (Å²) in [5.74, 6) is 0.840. The minimum absolute atomic E-state index is 0.165. The number of nitrogens with zero attached hydrogens (tertiary/aromatic N) is 2. The second-order valence-corrected chi connectivity index (χ2v) is 9.66. The molecule has 160 valence electrons. The highest BCUT2D eigenvalue weighted by atomic mass is 79.9. The first-order valence-electron chi connectivity index (χ1n) is 9.65. The number of rotatable bonds is 7. The number of ether oxygens (including phenoxy) is 2. The fraction of sp³-hybridized carbons (Fsp3) is 0.174. The molecule has 3 aromatic carbocycles. The normalized spacial score (nSPS) is 11.6. The topological polar surface area (TPSA) is 70.4 Å². The van der Waals surface area contributed by atoms with E-state index in [-0.39, 0.29) is 10.8 Å². The molecule has 1 aromatic heterocycles. The quantitative estimate of drug-likeness (QED) is 0.358. The molecular weight excluding hydrogens is 480 g/mol. The van der Waals surface area contributed by atoms with Crippen molar-refractivity contribution >= 4 is 36.9 Å². The first-order valence-corrected chi connectivity index (χ1v) is 11.9. The molecule has 31 heavy (non-hydrogen) atoms. The van der Waals surface area contributed by atoms with Gasteiger partial charge in [0.2, 0.25) is 5.88 Å². The van der Waals surface area contributed by atoms with E-state index in [9.17, 15) is 8.42 Å². The van der Waals surface area contributed by atoms with Gasteiger partial charge in [0.05, 0.1) is 29.5 Å². The molecule has 0 saturated heterocycles. The van der Waals surface area contributed by atoms with Crippen LogP contribution in [0.5, 0.6) is 11.6 Å². The number of hydrogen-bond donors (Lipinski definition) is 0. The molecule has 0 radical (unpaired) electrons. The fourth-order valence-electron chi connectivity index (χ4n) is 3.23. The molecule has 0 atom stereocenters. The molecule has 0 unspecified atom stereocenters. The van der Waals surface area contributed by atoms with E-state index in [4.69, 9.17) is 9.47 Å². The summed E-state index contributed by atoms with van der Waals surface area (Å²) < 4.78 is 39.8. The standard InChI is InChI=1S/C23H21BrN2O4S/c1-16-7-10-19(11-8-16)31(27,28)26-22-12-9-18(29-2)15-20(22)23(25-26)30-14-13-17-5-3-4-6-21(17)24/h3-12,15H,13-14H2,1-2H3. The first-order chi connectivity index (χ1) is 14.9. The summed E-state index contributed by atoms with van der Waals surface area (Å²) in [4.78, 5) is 0.165. The minimum Gasteiger partial charge on any atom is -0.497 e. The maximum absolute atomic E-state index is 13.3. The van der Waals surface area contributed by atoms with Gasteiger partial charge in [-0.25, -0.2) is 0 Å². The van der Waals surface area contributed by atoms with E-state index in [0.717, 1.165) is 19.7 Å². The molecule has 8 heteroatoms. The summed E-state index contributed by atoms with van der Waals surface area (Å²) >= 11 is 3.53. The molecule has 4 rings (SSSR count). The molecule has 0 N–H and O–H groups in total. The zero-order chi connectivity index (χ0) is 22.0. The summed E-state index contributed by atoms with van der Waals surface area (Å²) in [6.07, 6.45) is 0.643. The van der Waals surface area contributed by atoms with Crippen molar-refractivity contribution in [3.05, 3.63) is 82.3 Å². The third-order valence-electron chi connectivity index (χ3n) is 4.94. The smallest absolute Gasteiger partial charge is 0.283 e. The monoisotopic (exact) mass is 500 g/mol. The van der Waals surface area contributed by atoms with E-state index in [1.165, 1.54) is 0 Å². The number of aryl methyl sites for hydroxylation is 1. The number of benzene rings is 3. The van der Waals surface area contributed by atoms with Crippen molar-refractivity contribution in [2.75, 3.05) is 13.7 Å². The van der Waals surface area contributed by atoms with Crippen LogP contribution in [-0.2, 0) is 16.4 Å². The van der Waals surface area contributed by atoms with E-state index >= 15 is 0 Å². The van der Waals surface area contributed by atoms with E-state index in [2.05, 4.69) is 21.0 Å². The third-order valence-corrected chi connectivity index (χ3v) is 7.31. The first kappa shape index (κ1) is 21.4. The van der Waals surface area contributed by atoms with Gasteiger partial charge < -0.3 is 9.47 Å². The highest BCUT2D eigenvalue weighted by Gasteiger charge is 2.24. The number of methoxy groups -OCH3 is 1. The van der Waals surface area contributed by atoms with Crippen molar-refractivity contribution < 1.29 is 17.9 Å². The van der Waals surface area contributed by atoms with Gasteiger partial charge in [-0.2, -0.15) is 8.42 Å². The van der Waals surface area contributed by atoms with Crippen LogP contribution in [0.3, 0.4) is 0 Å². The van der Waals surface area contributed by atoms with Crippen molar-refractivity contribution in [3.63, 3.8) is 0 Å². The van der Waals surface area contributed by atoms with Crippen LogP contribution in [-0.4, -0.2) is 31.3 Å². The van der Waals surface area contributed by atoms with Gasteiger partial charge >= 0.3 is 0 Å². The number of halogens is 1. The molecule has 0 amide bonds. The lowest BCUT2D eigenvalue weighted by atomic mass is 10.2. The Balaban J connectivity index is 1.72. The Bertz CT molecular complexity index is 1330. The third kappa shape index (κ3) is 4.31. The summed E-state index contributed by atoms with van der Waals surface area (Å²) in [5, 5.41) is 4.90. The Kier molecular flexibility index (Phi) is 6.02. The molecule has 0 saturated carbocycles. The zero-order valence-corrected chi connectivity index (χ0v) is 19.5. The van der Waals surface area contributed by atoms with Crippen LogP contribution in [0.15, 0.2) is 76.1 Å². The van der Waals surface area contributed by atoms with E-state index in [1.54, 1.807) is 49.6 Å². The van der Waals surface area contributed by atoms with Crippen molar-refractivity contribution in [2.45, 2.75) is 18.2 Å². The van der Waals surface area contributed by atoms with Crippen LogP contribution >= 0.6 is 15.9 Å². The molecule has 0 bridgehead atoms. The van der Waals surface area contributed by atoms with Crippen molar-refractivity contribution in [2.24, 2.45) is 0 Å². The molecule has 0 fully saturated rings. The summed E-state index contributed by atoms with van der Waals surface area (Å²) in [6.45, 7) is 2.25. The fourth-order valence-corrected chi connectivity index (χ4v) is 4.99. The Morgan fingerprint density at radius 3 is 2.48 bits per heavy atom. The summed E-state index contributed by atoms with van der Waals surface area (Å²) in [7, 11) is -2.33. The van der Waals surface area contributed by atoms with Crippen molar-refractivity contribution in [1.29, 1.82) is 0 Å². The van der Waals surface area contributed by atoms with Crippen LogP contribution in [0.2, 0.25) is 0 Å². The Hall–Kier alpha value is -2.84. The number of aromatic nitrogens is 2. The molecule has 0 aliphatic heterocycles. The number of hydrogen-bond acceptors (Lipinski definition) is 5. The van der Waals surface area contributed by atoms with Gasteiger partial charge in [-0.1, -0.05) is 51.8 Å². The van der Waals surface area contributed by atoms with Gasteiger partial charge in [-0.15, -0.1) is 9.19 Å². The minimum atomic E-state index is -3.89. The molecule has 0 spiro atoms. The predicted octanol–water partition coefficient (Wildman–Crippen LogP) is 4.97. The van der Waals surface area contributed by atoms with Gasteiger partial charge in [-0.05, 0) is 48.9 Å². The van der Waals surface area contributed by atoms with Crippen LogP contribution in [0, 0.1) is 6.92 Å². The summed E-state index contributed by atoms with van der Waals surface area (Å²) in [5.41, 5.74) is 2.50. The lowest BCUT2D eigenvalue weighted by molar-refractivity contribution is 0.311. The Morgan fingerprint density at radius 2 is 1.77 bits per heavy atom. The van der Waals surface area contributed by atoms with Crippen LogP contribution in [0.4, 0.5) is 0 Å². The number of fused-ring (bicyclic) bond motifs is 1. The van der Waals surface area contributed by atoms with E-state index < -0.39 is 10.0 Å². The molecule has 0 aliphatic rings.